The molecule has 0 amide bonds. The number of hydrogen-bond donors (Lipinski definition) is 1. The number of nitrogens with zero attached hydrogens (tertiary/aromatic N) is 1. The van der Waals surface area contributed by atoms with Crippen molar-refractivity contribution in [1.82, 2.24) is 5.32 Å². The van der Waals surface area contributed by atoms with E-state index in [9.17, 15) is 0 Å². The molecule has 0 spiro atoms. The maximum absolute atomic E-state index is 3.53. The van der Waals surface area contributed by atoms with E-state index in [0.717, 1.165) is 12.5 Å². The zero-order chi connectivity index (χ0) is 13.0. The maximum Gasteiger partial charge on any atom is 0.0366 e. The van der Waals surface area contributed by atoms with Gasteiger partial charge in [0.2, 0.25) is 0 Å². The van der Waals surface area contributed by atoms with Crippen LogP contribution in [0.4, 0.5) is 5.69 Å². The van der Waals surface area contributed by atoms with Crippen LogP contribution in [0.3, 0.4) is 0 Å². The van der Waals surface area contributed by atoms with E-state index >= 15 is 0 Å². The Hall–Kier alpha value is -1.02. The Morgan fingerprint density at radius 3 is 2.61 bits per heavy atom. The topological polar surface area (TPSA) is 15.3 Å². The molecule has 1 aromatic carbocycles. The molecule has 2 atom stereocenters. The minimum absolute atomic E-state index is 0.455. The van der Waals surface area contributed by atoms with Gasteiger partial charge in [-0.25, -0.2) is 0 Å². The average molecular weight is 246 g/mol. The lowest BCUT2D eigenvalue weighted by Gasteiger charge is -2.20. The lowest BCUT2D eigenvalue weighted by atomic mass is 10.1. The first-order valence-corrected chi connectivity index (χ1v) is 7.29. The van der Waals surface area contributed by atoms with E-state index in [1.165, 1.54) is 37.2 Å². The first kappa shape index (κ1) is 13.4. The van der Waals surface area contributed by atoms with Crippen LogP contribution in [0.2, 0.25) is 0 Å². The van der Waals surface area contributed by atoms with Crippen molar-refractivity contribution in [1.29, 1.82) is 0 Å². The summed E-state index contributed by atoms with van der Waals surface area (Å²) in [6, 6.07) is 9.54. The van der Waals surface area contributed by atoms with Crippen molar-refractivity contribution in [2.24, 2.45) is 5.92 Å². The van der Waals surface area contributed by atoms with Gasteiger partial charge in [0.1, 0.15) is 0 Å². The molecule has 100 valence electrons. The summed E-state index contributed by atoms with van der Waals surface area (Å²) in [7, 11) is 0. The molecule has 1 aromatic rings. The summed E-state index contributed by atoms with van der Waals surface area (Å²) in [4.78, 5) is 2.50. The van der Waals surface area contributed by atoms with Gasteiger partial charge in [-0.2, -0.15) is 0 Å². The Morgan fingerprint density at radius 1 is 1.33 bits per heavy atom. The Labute approximate surface area is 111 Å². The third-order valence-corrected chi connectivity index (χ3v) is 3.88. The number of hydrogen-bond acceptors (Lipinski definition) is 2. The van der Waals surface area contributed by atoms with Gasteiger partial charge in [0.25, 0.3) is 0 Å². The van der Waals surface area contributed by atoms with Crippen LogP contribution < -0.4 is 10.2 Å². The van der Waals surface area contributed by atoms with Crippen molar-refractivity contribution >= 4 is 5.69 Å². The van der Waals surface area contributed by atoms with Crippen LogP contribution >= 0.6 is 0 Å². The Morgan fingerprint density at radius 2 is 2.06 bits per heavy atom. The lowest BCUT2D eigenvalue weighted by Crippen LogP contribution is -2.20. The van der Waals surface area contributed by atoms with E-state index in [0.29, 0.717) is 6.04 Å². The van der Waals surface area contributed by atoms with Crippen LogP contribution in [-0.4, -0.2) is 19.6 Å². The van der Waals surface area contributed by atoms with Crippen molar-refractivity contribution in [3.8, 4) is 0 Å². The molecule has 2 rings (SSSR count). The van der Waals surface area contributed by atoms with Crippen molar-refractivity contribution in [2.75, 3.05) is 24.5 Å². The molecule has 0 aromatic heterocycles. The van der Waals surface area contributed by atoms with Gasteiger partial charge in [-0.3, -0.25) is 0 Å². The predicted octanol–water partition coefficient (Wildman–Crippen LogP) is 3.59. The Bertz CT molecular complexity index is 358. The fraction of sp³-hybridized carbons (Fsp3) is 0.625. The van der Waals surface area contributed by atoms with E-state index in [1.54, 1.807) is 0 Å². The molecule has 1 aliphatic heterocycles. The normalized spacial score (nSPS) is 21.3. The van der Waals surface area contributed by atoms with Crippen LogP contribution in [0.5, 0.6) is 0 Å². The van der Waals surface area contributed by atoms with Gasteiger partial charge in [0.05, 0.1) is 0 Å². The predicted molar refractivity (Wildman–Crippen MR) is 79.1 cm³/mol. The van der Waals surface area contributed by atoms with E-state index in [4.69, 9.17) is 0 Å². The smallest absolute Gasteiger partial charge is 0.0366 e. The number of benzene rings is 1. The number of nitrogens with one attached hydrogen (secondary N) is 1. The Kier molecular flexibility index (Phi) is 4.65. The van der Waals surface area contributed by atoms with Crippen LogP contribution in [0.25, 0.3) is 0 Å². The molecule has 0 radical (unpaired) electrons. The first-order valence-electron chi connectivity index (χ1n) is 7.29. The quantitative estimate of drug-likeness (QED) is 0.854. The van der Waals surface area contributed by atoms with Crippen molar-refractivity contribution in [2.45, 2.75) is 39.7 Å². The third-order valence-electron chi connectivity index (χ3n) is 3.88. The van der Waals surface area contributed by atoms with Crippen LogP contribution in [-0.2, 0) is 0 Å². The minimum Gasteiger partial charge on any atom is -0.371 e. The molecule has 0 saturated carbocycles. The van der Waals surface area contributed by atoms with Gasteiger partial charge in [0.15, 0.2) is 0 Å². The summed E-state index contributed by atoms with van der Waals surface area (Å²) in [5.41, 5.74) is 2.77. The largest absolute Gasteiger partial charge is 0.371 e. The molecule has 1 N–H and O–H groups in total. The van der Waals surface area contributed by atoms with Gasteiger partial charge in [-0.05, 0) is 49.9 Å². The van der Waals surface area contributed by atoms with Crippen molar-refractivity contribution in [3.05, 3.63) is 29.8 Å². The fourth-order valence-electron chi connectivity index (χ4n) is 2.62. The van der Waals surface area contributed by atoms with Crippen LogP contribution in [0.1, 0.15) is 45.2 Å². The second-order valence-electron chi connectivity index (χ2n) is 5.61. The molecule has 1 heterocycles. The van der Waals surface area contributed by atoms with E-state index < -0.39 is 0 Å². The molecule has 0 aliphatic carbocycles. The van der Waals surface area contributed by atoms with Crippen LogP contribution in [0.15, 0.2) is 24.3 Å². The lowest BCUT2D eigenvalue weighted by molar-refractivity contribution is 0.570. The number of rotatable bonds is 5. The highest BCUT2D eigenvalue weighted by molar-refractivity contribution is 5.48. The van der Waals surface area contributed by atoms with Gasteiger partial charge >= 0.3 is 0 Å². The monoisotopic (exact) mass is 246 g/mol. The van der Waals surface area contributed by atoms with E-state index in [1.807, 2.05) is 0 Å². The fourth-order valence-corrected chi connectivity index (χ4v) is 2.62. The molecule has 2 unspecified atom stereocenters. The second-order valence-corrected chi connectivity index (χ2v) is 5.61. The van der Waals surface area contributed by atoms with Crippen LogP contribution in [0, 0.1) is 5.92 Å². The summed E-state index contributed by atoms with van der Waals surface area (Å²) in [6.07, 6.45) is 2.52. The van der Waals surface area contributed by atoms with E-state index in [-0.39, 0.29) is 0 Å². The van der Waals surface area contributed by atoms with Gasteiger partial charge < -0.3 is 10.2 Å². The summed E-state index contributed by atoms with van der Waals surface area (Å²) in [5, 5.41) is 3.53. The summed E-state index contributed by atoms with van der Waals surface area (Å²) >= 11 is 0. The van der Waals surface area contributed by atoms with Gasteiger partial charge in [-0.15, -0.1) is 0 Å². The van der Waals surface area contributed by atoms with E-state index in [2.05, 4.69) is 55.3 Å². The number of anilines is 1. The highest BCUT2D eigenvalue weighted by atomic mass is 15.1. The maximum atomic E-state index is 3.53. The molecule has 1 fully saturated rings. The standard InChI is InChI=1S/C16H26N2/c1-4-10-17-14(3)15-5-7-16(8-6-15)18-11-9-13(2)12-18/h5-8,13-14,17H,4,9-12H2,1-3H3. The zero-order valence-electron chi connectivity index (χ0n) is 11.9. The minimum atomic E-state index is 0.455. The summed E-state index contributed by atoms with van der Waals surface area (Å²) in [5.74, 6) is 0.842. The molecular weight excluding hydrogens is 220 g/mol. The molecule has 2 nitrogen and oxygen atoms in total. The third kappa shape index (κ3) is 3.26. The molecule has 2 heteroatoms. The second kappa shape index (κ2) is 6.24. The van der Waals surface area contributed by atoms with Crippen molar-refractivity contribution in [3.63, 3.8) is 0 Å². The Balaban J connectivity index is 1.96. The highest BCUT2D eigenvalue weighted by Crippen LogP contribution is 2.25. The molecular formula is C16H26N2. The summed E-state index contributed by atoms with van der Waals surface area (Å²) < 4.78 is 0. The molecule has 1 saturated heterocycles. The van der Waals surface area contributed by atoms with Gasteiger partial charge in [-0.1, -0.05) is 26.0 Å². The average Bonchev–Trinajstić information content (AvgIpc) is 2.83. The SMILES string of the molecule is CCCNC(C)c1ccc(N2CCC(C)C2)cc1. The molecule has 1 aliphatic rings. The van der Waals surface area contributed by atoms with Gasteiger partial charge in [0, 0.05) is 24.8 Å². The zero-order valence-corrected chi connectivity index (χ0v) is 11.9. The summed E-state index contributed by atoms with van der Waals surface area (Å²) in [6.45, 7) is 10.3. The van der Waals surface area contributed by atoms with Crippen molar-refractivity contribution < 1.29 is 0 Å². The first-order chi connectivity index (χ1) is 8.70. The molecule has 0 bridgehead atoms. The molecule has 18 heavy (non-hydrogen) atoms. The highest BCUT2D eigenvalue weighted by Gasteiger charge is 2.18.